The van der Waals surface area contributed by atoms with Crippen LogP contribution < -0.4 is 0 Å². The van der Waals surface area contributed by atoms with Crippen LogP contribution in [0.4, 0.5) is 0 Å². The van der Waals surface area contributed by atoms with Crippen LogP contribution in [0.15, 0.2) is 53.7 Å². The lowest BCUT2D eigenvalue weighted by Crippen LogP contribution is -1.95. The van der Waals surface area contributed by atoms with Crippen LogP contribution >= 0.6 is 0 Å². The molecule has 0 aromatic heterocycles. The molecule has 0 radical (unpaired) electrons. The molecule has 0 aliphatic carbocycles. The van der Waals surface area contributed by atoms with Crippen molar-refractivity contribution >= 4 is 5.71 Å². The lowest BCUT2D eigenvalue weighted by Gasteiger charge is -2.02. The maximum atomic E-state index is 9.62. The Balaban J connectivity index is 2.44. The highest BCUT2D eigenvalue weighted by Gasteiger charge is 2.04. The fraction of sp³-hybridized carbons (Fsp3) is 0.0833. The summed E-state index contributed by atoms with van der Waals surface area (Å²) in [6.07, 6.45) is 8.58. The first kappa shape index (κ1) is 8.75. The molecule has 1 aliphatic heterocycles. The first-order valence-corrected chi connectivity index (χ1v) is 4.55. The van der Waals surface area contributed by atoms with E-state index in [1.165, 1.54) is 0 Å². The molecule has 1 N–H and O–H groups in total. The molecule has 0 bridgehead atoms. The van der Waals surface area contributed by atoms with Crippen molar-refractivity contribution in [2.24, 2.45) is 4.99 Å². The second-order valence-corrected chi connectivity index (χ2v) is 3.05. The standard InChI is InChI=1S/C12H11NO/c14-12-8-4-3-6-10(12)11-7-2-1-5-9-13-11/h2-9,14H,1H2. The maximum Gasteiger partial charge on any atom is 0.124 e. The van der Waals surface area contributed by atoms with Crippen LogP contribution in [-0.4, -0.2) is 10.8 Å². The smallest absolute Gasteiger partial charge is 0.124 e. The van der Waals surface area contributed by atoms with Gasteiger partial charge >= 0.3 is 0 Å². The summed E-state index contributed by atoms with van der Waals surface area (Å²) >= 11 is 0. The average Bonchev–Trinajstić information content (AvgIpc) is 2.47. The van der Waals surface area contributed by atoms with Gasteiger partial charge in [-0.3, -0.25) is 4.99 Å². The molecular weight excluding hydrogens is 174 g/mol. The van der Waals surface area contributed by atoms with E-state index in [1.54, 1.807) is 18.3 Å². The second kappa shape index (κ2) is 3.92. The SMILES string of the molecule is Oc1ccccc1C1=NC=CCC=C1. The molecule has 2 nitrogen and oxygen atoms in total. The van der Waals surface area contributed by atoms with E-state index in [1.807, 2.05) is 30.4 Å². The van der Waals surface area contributed by atoms with Gasteiger partial charge in [-0.2, -0.15) is 0 Å². The minimum Gasteiger partial charge on any atom is -0.507 e. The fourth-order valence-electron chi connectivity index (χ4n) is 1.34. The minimum atomic E-state index is 0.270. The highest BCUT2D eigenvalue weighted by atomic mass is 16.3. The first-order valence-electron chi connectivity index (χ1n) is 4.55. The monoisotopic (exact) mass is 185 g/mol. The van der Waals surface area contributed by atoms with Crippen LogP contribution in [0.1, 0.15) is 12.0 Å². The van der Waals surface area contributed by atoms with E-state index in [0.29, 0.717) is 0 Å². The van der Waals surface area contributed by atoms with Crippen LogP contribution in [0, 0.1) is 0 Å². The number of para-hydroxylation sites is 1. The van der Waals surface area contributed by atoms with Crippen molar-refractivity contribution in [2.45, 2.75) is 6.42 Å². The molecule has 0 fully saturated rings. The molecule has 2 rings (SSSR count). The molecular formula is C12H11NO. The van der Waals surface area contributed by atoms with Crippen LogP contribution in [0.3, 0.4) is 0 Å². The topological polar surface area (TPSA) is 32.6 Å². The number of aromatic hydroxyl groups is 1. The fourth-order valence-corrected chi connectivity index (χ4v) is 1.34. The number of rotatable bonds is 1. The summed E-state index contributed by atoms with van der Waals surface area (Å²) in [6.45, 7) is 0. The van der Waals surface area contributed by atoms with Crippen molar-refractivity contribution in [3.63, 3.8) is 0 Å². The molecule has 0 atom stereocenters. The number of nitrogens with zero attached hydrogens (tertiary/aromatic N) is 1. The third kappa shape index (κ3) is 1.74. The minimum absolute atomic E-state index is 0.270. The van der Waals surface area contributed by atoms with Crippen molar-refractivity contribution in [2.75, 3.05) is 0 Å². The summed E-state index contributed by atoms with van der Waals surface area (Å²) in [5.74, 6) is 0.270. The number of aliphatic imine (C=N–C) groups is 1. The number of allylic oxidation sites excluding steroid dienone is 3. The summed E-state index contributed by atoms with van der Waals surface area (Å²) in [5, 5.41) is 9.62. The Morgan fingerprint density at radius 3 is 2.86 bits per heavy atom. The Hall–Kier alpha value is -1.83. The molecule has 0 saturated carbocycles. The van der Waals surface area contributed by atoms with Gasteiger partial charge in [0.2, 0.25) is 0 Å². The van der Waals surface area contributed by atoms with Crippen molar-refractivity contribution in [3.05, 3.63) is 54.3 Å². The molecule has 1 aromatic rings. The Bertz CT molecular complexity index is 416. The quantitative estimate of drug-likeness (QED) is 0.716. The van der Waals surface area contributed by atoms with Crippen LogP contribution in [0.25, 0.3) is 0 Å². The second-order valence-electron chi connectivity index (χ2n) is 3.05. The summed E-state index contributed by atoms with van der Waals surface area (Å²) in [5.41, 5.74) is 1.58. The van der Waals surface area contributed by atoms with Gasteiger partial charge in [0.1, 0.15) is 5.75 Å². The maximum absolute atomic E-state index is 9.62. The van der Waals surface area contributed by atoms with E-state index in [2.05, 4.69) is 4.99 Å². The normalized spacial score (nSPS) is 15.0. The molecule has 1 heterocycles. The number of benzene rings is 1. The predicted octanol–water partition coefficient (Wildman–Crippen LogP) is 2.65. The van der Waals surface area contributed by atoms with Crippen LogP contribution in [0.5, 0.6) is 5.75 Å². The van der Waals surface area contributed by atoms with Gasteiger partial charge in [-0.05, 0) is 24.6 Å². The van der Waals surface area contributed by atoms with Gasteiger partial charge in [0.25, 0.3) is 0 Å². The molecule has 14 heavy (non-hydrogen) atoms. The lowest BCUT2D eigenvalue weighted by atomic mass is 10.1. The van der Waals surface area contributed by atoms with Crippen LogP contribution in [0.2, 0.25) is 0 Å². The van der Waals surface area contributed by atoms with Crippen LogP contribution in [-0.2, 0) is 0 Å². The highest BCUT2D eigenvalue weighted by Crippen LogP contribution is 2.18. The van der Waals surface area contributed by atoms with Gasteiger partial charge in [0.15, 0.2) is 0 Å². The summed E-state index contributed by atoms with van der Waals surface area (Å²) in [4.78, 5) is 4.24. The van der Waals surface area contributed by atoms with E-state index >= 15 is 0 Å². The molecule has 1 aromatic carbocycles. The lowest BCUT2D eigenvalue weighted by molar-refractivity contribution is 0.474. The van der Waals surface area contributed by atoms with Gasteiger partial charge in [-0.25, -0.2) is 0 Å². The average molecular weight is 185 g/mol. The molecule has 0 unspecified atom stereocenters. The highest BCUT2D eigenvalue weighted by molar-refractivity contribution is 6.10. The number of phenols is 1. The molecule has 1 aliphatic rings. The molecule has 0 saturated heterocycles. The Morgan fingerprint density at radius 2 is 2.00 bits per heavy atom. The van der Waals surface area contributed by atoms with E-state index in [9.17, 15) is 5.11 Å². The molecule has 0 amide bonds. The number of phenolic OH excluding ortho intramolecular Hbond substituents is 1. The number of hydrogen-bond donors (Lipinski definition) is 1. The van der Waals surface area contributed by atoms with Gasteiger partial charge in [-0.15, -0.1) is 0 Å². The molecule has 2 heteroatoms. The Kier molecular flexibility index (Phi) is 2.45. The van der Waals surface area contributed by atoms with Gasteiger partial charge in [0.05, 0.1) is 5.71 Å². The zero-order valence-corrected chi connectivity index (χ0v) is 7.72. The summed E-state index contributed by atoms with van der Waals surface area (Å²) < 4.78 is 0. The zero-order valence-electron chi connectivity index (χ0n) is 7.72. The van der Waals surface area contributed by atoms with E-state index in [4.69, 9.17) is 0 Å². The van der Waals surface area contributed by atoms with Crippen molar-refractivity contribution in [3.8, 4) is 5.75 Å². The Morgan fingerprint density at radius 1 is 1.14 bits per heavy atom. The number of hydrogen-bond acceptors (Lipinski definition) is 2. The zero-order chi connectivity index (χ0) is 9.80. The third-order valence-corrected chi connectivity index (χ3v) is 2.05. The van der Waals surface area contributed by atoms with E-state index in [0.717, 1.165) is 17.7 Å². The molecule has 70 valence electrons. The first-order chi connectivity index (χ1) is 6.88. The Labute approximate surface area is 82.9 Å². The molecule has 0 spiro atoms. The van der Waals surface area contributed by atoms with Crippen molar-refractivity contribution in [1.82, 2.24) is 0 Å². The summed E-state index contributed by atoms with van der Waals surface area (Å²) in [7, 11) is 0. The van der Waals surface area contributed by atoms with Gasteiger partial charge in [0, 0.05) is 11.8 Å². The van der Waals surface area contributed by atoms with Crippen molar-refractivity contribution < 1.29 is 5.11 Å². The van der Waals surface area contributed by atoms with Gasteiger partial charge in [-0.1, -0.05) is 24.3 Å². The van der Waals surface area contributed by atoms with E-state index in [-0.39, 0.29) is 5.75 Å². The van der Waals surface area contributed by atoms with E-state index < -0.39 is 0 Å². The van der Waals surface area contributed by atoms with Crippen molar-refractivity contribution in [1.29, 1.82) is 0 Å². The van der Waals surface area contributed by atoms with Gasteiger partial charge < -0.3 is 5.11 Å². The third-order valence-electron chi connectivity index (χ3n) is 2.05. The summed E-state index contributed by atoms with van der Waals surface area (Å²) in [6, 6.07) is 7.22. The largest absolute Gasteiger partial charge is 0.507 e. The predicted molar refractivity (Wildman–Crippen MR) is 57.5 cm³/mol.